The molecule has 5 heterocycles. The van der Waals surface area contributed by atoms with E-state index in [1.54, 1.807) is 11.1 Å². The maximum atomic E-state index is 13.0. The van der Waals surface area contributed by atoms with Gasteiger partial charge in [-0.2, -0.15) is 0 Å². The molecular weight excluding hydrogens is 346 g/mol. The van der Waals surface area contributed by atoms with E-state index in [1.165, 1.54) is 6.20 Å². The molecule has 3 aliphatic rings. The summed E-state index contributed by atoms with van der Waals surface area (Å²) in [5.41, 5.74) is 2.86. The highest BCUT2D eigenvalue weighted by molar-refractivity contribution is 5.93. The third-order valence-corrected chi connectivity index (χ3v) is 5.59. The number of carbonyl (C=O) groups excluding carboxylic acids is 2. The van der Waals surface area contributed by atoms with Gasteiger partial charge >= 0.3 is 0 Å². The number of aryl methyl sites for hydroxylation is 3. The number of rotatable bonds is 3. The topological polar surface area (TPSA) is 92.4 Å². The average molecular weight is 369 g/mol. The Labute approximate surface area is 157 Å². The van der Waals surface area contributed by atoms with Crippen molar-refractivity contribution < 1.29 is 14.1 Å². The molecule has 0 saturated carbocycles. The van der Waals surface area contributed by atoms with Crippen LogP contribution in [0.3, 0.4) is 0 Å². The van der Waals surface area contributed by atoms with Gasteiger partial charge in [-0.05, 0) is 33.6 Å². The molecule has 0 spiro atoms. The first-order chi connectivity index (χ1) is 12.9. The molecule has 3 saturated heterocycles. The third kappa shape index (κ3) is 3.20. The molecule has 2 bridgehead atoms. The lowest BCUT2D eigenvalue weighted by Gasteiger charge is -2.35. The van der Waals surface area contributed by atoms with Crippen LogP contribution in [0.5, 0.6) is 0 Å². The molecule has 2 atom stereocenters. The van der Waals surface area contributed by atoms with E-state index in [0.29, 0.717) is 25.3 Å². The average Bonchev–Trinajstić information content (AvgIpc) is 2.83. The Hall–Kier alpha value is -2.77. The fraction of sp³-hybridized carbons (Fsp3) is 0.526. The molecule has 27 heavy (non-hydrogen) atoms. The minimum atomic E-state index is -0.174. The highest BCUT2D eigenvalue weighted by Gasteiger charge is 2.42. The Morgan fingerprint density at radius 2 is 2.00 bits per heavy atom. The lowest BCUT2D eigenvalue weighted by molar-refractivity contribution is -0.140. The van der Waals surface area contributed by atoms with Gasteiger partial charge < -0.3 is 14.3 Å². The summed E-state index contributed by atoms with van der Waals surface area (Å²) >= 11 is 0. The molecule has 2 aromatic heterocycles. The van der Waals surface area contributed by atoms with E-state index < -0.39 is 0 Å². The van der Waals surface area contributed by atoms with Crippen molar-refractivity contribution in [1.29, 1.82) is 0 Å². The lowest BCUT2D eigenvalue weighted by atomic mass is 9.93. The Bertz CT molecular complexity index is 856. The minimum absolute atomic E-state index is 0.00712. The normalized spacial score (nSPS) is 22.3. The fourth-order valence-corrected chi connectivity index (χ4v) is 3.98. The van der Waals surface area contributed by atoms with Crippen molar-refractivity contribution in [2.24, 2.45) is 5.92 Å². The van der Waals surface area contributed by atoms with Crippen LogP contribution in [0.2, 0.25) is 0 Å². The Morgan fingerprint density at radius 3 is 2.67 bits per heavy atom. The lowest BCUT2D eigenvalue weighted by Crippen LogP contribution is -2.47. The maximum absolute atomic E-state index is 13.0. The number of hydrogen-bond acceptors (Lipinski definition) is 6. The number of piperidine rings is 1. The van der Waals surface area contributed by atoms with Crippen LogP contribution in [-0.2, 0) is 11.3 Å². The van der Waals surface area contributed by atoms with E-state index in [0.717, 1.165) is 35.6 Å². The molecule has 2 aromatic rings. The summed E-state index contributed by atoms with van der Waals surface area (Å²) in [7, 11) is 0. The van der Waals surface area contributed by atoms with Gasteiger partial charge in [0.2, 0.25) is 5.91 Å². The first-order valence-electron chi connectivity index (χ1n) is 9.24. The number of carbonyl (C=O) groups is 2. The summed E-state index contributed by atoms with van der Waals surface area (Å²) in [5.74, 6) is 0.512. The number of hydrogen-bond donors (Lipinski definition) is 0. The van der Waals surface area contributed by atoms with Gasteiger partial charge in [-0.15, -0.1) is 0 Å². The van der Waals surface area contributed by atoms with Crippen LogP contribution in [0.25, 0.3) is 0 Å². The van der Waals surface area contributed by atoms with Crippen molar-refractivity contribution >= 4 is 11.8 Å². The Balaban J connectivity index is 1.57. The van der Waals surface area contributed by atoms with Gasteiger partial charge in [-0.25, -0.2) is 4.98 Å². The highest BCUT2D eigenvalue weighted by atomic mass is 16.5. The van der Waals surface area contributed by atoms with Gasteiger partial charge in [0.15, 0.2) is 0 Å². The largest absolute Gasteiger partial charge is 0.361 e. The predicted molar refractivity (Wildman–Crippen MR) is 95.7 cm³/mol. The monoisotopic (exact) mass is 369 g/mol. The first kappa shape index (κ1) is 17.6. The summed E-state index contributed by atoms with van der Waals surface area (Å²) in [5, 5.41) is 3.99. The van der Waals surface area contributed by atoms with Crippen molar-refractivity contribution in [1.82, 2.24) is 24.9 Å². The molecule has 8 heteroatoms. The fourth-order valence-electron chi connectivity index (χ4n) is 3.98. The van der Waals surface area contributed by atoms with Crippen LogP contribution < -0.4 is 0 Å². The van der Waals surface area contributed by atoms with E-state index in [9.17, 15) is 9.59 Å². The second-order valence-electron chi connectivity index (χ2n) is 7.45. The predicted octanol–water partition coefficient (Wildman–Crippen LogP) is 1.65. The second kappa shape index (κ2) is 6.75. The summed E-state index contributed by atoms with van der Waals surface area (Å²) in [4.78, 5) is 37.9. The van der Waals surface area contributed by atoms with Gasteiger partial charge in [-0.1, -0.05) is 5.16 Å². The quantitative estimate of drug-likeness (QED) is 0.817. The number of fused-ring (bicyclic) bond motifs is 4. The van der Waals surface area contributed by atoms with E-state index in [4.69, 9.17) is 4.52 Å². The molecule has 3 fully saturated rings. The minimum Gasteiger partial charge on any atom is -0.361 e. The van der Waals surface area contributed by atoms with Gasteiger partial charge in [0.1, 0.15) is 11.5 Å². The van der Waals surface area contributed by atoms with Gasteiger partial charge in [0, 0.05) is 30.9 Å². The summed E-state index contributed by atoms with van der Waals surface area (Å²) < 4.78 is 5.24. The van der Waals surface area contributed by atoms with Crippen LogP contribution in [0.1, 0.15) is 46.0 Å². The van der Waals surface area contributed by atoms with Crippen molar-refractivity contribution in [3.05, 3.63) is 40.8 Å². The van der Waals surface area contributed by atoms with E-state index >= 15 is 0 Å². The molecule has 0 N–H and O–H groups in total. The van der Waals surface area contributed by atoms with Crippen LogP contribution >= 0.6 is 0 Å². The molecule has 142 valence electrons. The summed E-state index contributed by atoms with van der Waals surface area (Å²) in [6, 6.07) is -0.00712. The molecule has 0 aromatic carbocycles. The molecule has 0 radical (unpaired) electrons. The van der Waals surface area contributed by atoms with Gasteiger partial charge in [0.05, 0.1) is 30.0 Å². The molecule has 0 aliphatic carbocycles. The van der Waals surface area contributed by atoms with E-state index in [2.05, 4.69) is 15.1 Å². The molecule has 0 unspecified atom stereocenters. The van der Waals surface area contributed by atoms with Gasteiger partial charge in [-0.3, -0.25) is 14.6 Å². The first-order valence-corrected chi connectivity index (χ1v) is 9.24. The summed E-state index contributed by atoms with van der Waals surface area (Å²) in [6.45, 7) is 7.01. The van der Waals surface area contributed by atoms with Crippen LogP contribution in [-0.4, -0.2) is 55.9 Å². The standard InChI is InChI=1S/C19H23N5O3/c1-11-6-21-17(7-20-11)19(26)23-8-14-4-5-15(9-23)24(18(14)25)10-16-12(2)22-27-13(16)3/h6-7,14-15H,4-5,8-10H2,1-3H3/t14-,15+/m0/s1. The Morgan fingerprint density at radius 1 is 1.19 bits per heavy atom. The van der Waals surface area contributed by atoms with Crippen LogP contribution in [0, 0.1) is 26.7 Å². The number of nitrogens with zero attached hydrogens (tertiary/aromatic N) is 5. The second-order valence-corrected chi connectivity index (χ2v) is 7.45. The molecule has 8 nitrogen and oxygen atoms in total. The number of aromatic nitrogens is 3. The third-order valence-electron chi connectivity index (χ3n) is 5.59. The SMILES string of the molecule is Cc1cnc(C(=O)N2C[C@@H]3CC[C@H](C2)N(Cc2c(C)noc2C)C3=O)cn1. The summed E-state index contributed by atoms with van der Waals surface area (Å²) in [6.07, 6.45) is 4.80. The number of amides is 2. The Kier molecular flexibility index (Phi) is 4.41. The zero-order chi connectivity index (χ0) is 19.1. The van der Waals surface area contributed by atoms with E-state index in [1.807, 2.05) is 25.7 Å². The van der Waals surface area contributed by atoms with Crippen molar-refractivity contribution in [2.45, 2.75) is 46.2 Å². The van der Waals surface area contributed by atoms with Crippen LogP contribution in [0.15, 0.2) is 16.9 Å². The van der Waals surface area contributed by atoms with E-state index in [-0.39, 0.29) is 23.8 Å². The zero-order valence-corrected chi connectivity index (χ0v) is 15.8. The molecule has 2 amide bonds. The van der Waals surface area contributed by atoms with Crippen molar-refractivity contribution in [3.8, 4) is 0 Å². The molecular formula is C19H23N5O3. The van der Waals surface area contributed by atoms with Gasteiger partial charge in [0.25, 0.3) is 5.91 Å². The molecule has 3 aliphatic heterocycles. The van der Waals surface area contributed by atoms with Crippen LogP contribution in [0.4, 0.5) is 0 Å². The van der Waals surface area contributed by atoms with Crippen molar-refractivity contribution in [2.75, 3.05) is 13.1 Å². The smallest absolute Gasteiger partial charge is 0.274 e. The molecule has 5 rings (SSSR count). The van der Waals surface area contributed by atoms with Crippen molar-refractivity contribution in [3.63, 3.8) is 0 Å². The highest BCUT2D eigenvalue weighted by Crippen LogP contribution is 2.31. The maximum Gasteiger partial charge on any atom is 0.274 e. The zero-order valence-electron chi connectivity index (χ0n) is 15.8.